The van der Waals surface area contributed by atoms with Gasteiger partial charge in [0.15, 0.2) is 11.6 Å². The summed E-state index contributed by atoms with van der Waals surface area (Å²) < 4.78 is 25.6. The van der Waals surface area contributed by atoms with Crippen molar-refractivity contribution in [2.45, 2.75) is 18.9 Å². The molecule has 1 saturated carbocycles. The van der Waals surface area contributed by atoms with Crippen LogP contribution < -0.4 is 5.32 Å². The van der Waals surface area contributed by atoms with Gasteiger partial charge in [0.2, 0.25) is 0 Å². The fourth-order valence-corrected chi connectivity index (χ4v) is 1.65. The highest BCUT2D eigenvalue weighted by Crippen LogP contribution is 2.27. The van der Waals surface area contributed by atoms with Gasteiger partial charge in [0, 0.05) is 12.6 Å². The highest BCUT2D eigenvalue weighted by Gasteiger charge is 2.26. The van der Waals surface area contributed by atoms with Crippen LogP contribution in [0.5, 0.6) is 0 Å². The maximum absolute atomic E-state index is 13.1. The van der Waals surface area contributed by atoms with Crippen LogP contribution in [0.2, 0.25) is 0 Å². The molecule has 0 spiro atoms. The summed E-state index contributed by atoms with van der Waals surface area (Å²) in [7, 11) is 0. The van der Waals surface area contributed by atoms with E-state index in [0.717, 1.165) is 25.1 Å². The Morgan fingerprint density at radius 1 is 1.47 bits per heavy atom. The zero-order chi connectivity index (χ0) is 10.8. The van der Waals surface area contributed by atoms with Gasteiger partial charge in [0.05, 0.1) is 12.3 Å². The first-order valence-electron chi connectivity index (χ1n) is 4.88. The Balaban J connectivity index is 1.88. The van der Waals surface area contributed by atoms with Crippen LogP contribution >= 0.6 is 0 Å². The average Bonchev–Trinajstić information content (AvgIpc) is 2.13. The fraction of sp³-hybridized carbons (Fsp3) is 0.500. The number of halogens is 2. The Bertz CT molecular complexity index is 353. The quantitative estimate of drug-likeness (QED) is 0.802. The number of hydrogen-bond donors (Lipinski definition) is 2. The van der Waals surface area contributed by atoms with Gasteiger partial charge in [-0.15, -0.1) is 0 Å². The van der Waals surface area contributed by atoms with Gasteiger partial charge in [-0.25, -0.2) is 13.8 Å². The van der Waals surface area contributed by atoms with Gasteiger partial charge in [-0.1, -0.05) is 0 Å². The molecular weight excluding hydrogens is 202 g/mol. The van der Waals surface area contributed by atoms with Crippen molar-refractivity contribution in [2.75, 3.05) is 11.9 Å². The summed E-state index contributed by atoms with van der Waals surface area (Å²) >= 11 is 0. The average molecular weight is 214 g/mol. The predicted molar refractivity (Wildman–Crippen MR) is 51.4 cm³/mol. The minimum Gasteiger partial charge on any atom is -0.393 e. The fourth-order valence-electron chi connectivity index (χ4n) is 1.65. The molecule has 1 aliphatic rings. The first-order chi connectivity index (χ1) is 7.15. The van der Waals surface area contributed by atoms with Crippen molar-refractivity contribution in [1.29, 1.82) is 0 Å². The van der Waals surface area contributed by atoms with Crippen molar-refractivity contribution in [1.82, 2.24) is 4.98 Å². The van der Waals surface area contributed by atoms with Crippen LogP contribution in [-0.4, -0.2) is 22.7 Å². The van der Waals surface area contributed by atoms with E-state index in [1.807, 2.05) is 0 Å². The minimum atomic E-state index is -0.685. The predicted octanol–water partition coefficient (Wildman–Crippen LogP) is 1.54. The topological polar surface area (TPSA) is 45.1 Å². The number of anilines is 1. The summed E-state index contributed by atoms with van der Waals surface area (Å²) in [5.74, 6) is -0.948. The maximum atomic E-state index is 13.1. The Hall–Kier alpha value is -1.23. The van der Waals surface area contributed by atoms with E-state index in [1.165, 1.54) is 0 Å². The van der Waals surface area contributed by atoms with Crippen molar-refractivity contribution in [3.8, 4) is 0 Å². The van der Waals surface area contributed by atoms with Crippen LogP contribution in [-0.2, 0) is 0 Å². The lowest BCUT2D eigenvalue weighted by molar-refractivity contribution is 0.0486. The number of nitrogens with one attached hydrogen (secondary N) is 1. The van der Waals surface area contributed by atoms with Gasteiger partial charge in [0.1, 0.15) is 5.82 Å². The molecule has 1 aromatic heterocycles. The molecule has 0 radical (unpaired) electrons. The highest BCUT2D eigenvalue weighted by atomic mass is 19.1. The number of nitrogens with zero attached hydrogens (tertiary/aromatic N) is 1. The molecule has 0 aromatic carbocycles. The number of aliphatic hydroxyl groups is 1. The van der Waals surface area contributed by atoms with Crippen LogP contribution in [0, 0.1) is 17.6 Å². The number of aliphatic hydroxyl groups excluding tert-OH is 1. The summed E-state index contributed by atoms with van der Waals surface area (Å²) in [6.07, 6.45) is 2.22. The van der Waals surface area contributed by atoms with E-state index >= 15 is 0 Å². The van der Waals surface area contributed by atoms with Crippen molar-refractivity contribution in [2.24, 2.45) is 5.92 Å². The van der Waals surface area contributed by atoms with Crippen LogP contribution in [0.15, 0.2) is 12.3 Å². The molecule has 15 heavy (non-hydrogen) atoms. The van der Waals surface area contributed by atoms with Gasteiger partial charge in [-0.3, -0.25) is 0 Å². The van der Waals surface area contributed by atoms with Crippen LogP contribution in [0.25, 0.3) is 0 Å². The van der Waals surface area contributed by atoms with E-state index in [0.29, 0.717) is 12.5 Å². The van der Waals surface area contributed by atoms with Crippen molar-refractivity contribution in [3.63, 3.8) is 0 Å². The molecule has 3 nitrogen and oxygen atoms in total. The summed E-state index contributed by atoms with van der Waals surface area (Å²) in [6, 6.07) is 0.797. The first kappa shape index (κ1) is 10.3. The molecule has 1 fully saturated rings. The molecule has 0 unspecified atom stereocenters. The normalized spacial score (nSPS) is 24.7. The second-order valence-electron chi connectivity index (χ2n) is 3.86. The molecule has 1 aromatic rings. The van der Waals surface area contributed by atoms with Gasteiger partial charge >= 0.3 is 0 Å². The summed E-state index contributed by atoms with van der Waals surface area (Å²) in [5.41, 5.74) is 0. The zero-order valence-corrected chi connectivity index (χ0v) is 8.08. The molecule has 0 amide bonds. The lowest BCUT2D eigenvalue weighted by Crippen LogP contribution is -2.33. The van der Waals surface area contributed by atoms with Crippen molar-refractivity contribution in [3.05, 3.63) is 23.9 Å². The molecule has 0 atom stereocenters. The summed E-state index contributed by atoms with van der Waals surface area (Å²) in [6.45, 7) is 0.562. The number of pyridine rings is 1. The molecule has 2 N–H and O–H groups in total. The monoisotopic (exact) mass is 214 g/mol. The van der Waals surface area contributed by atoms with Crippen LogP contribution in [0.1, 0.15) is 12.8 Å². The molecular formula is C10H12F2N2O. The second kappa shape index (κ2) is 4.10. The standard InChI is InChI=1S/C10H12F2N2O/c11-7-3-9(12)10(14-5-7)13-4-6-1-8(15)2-6/h3,5-6,8,15H,1-2,4H2,(H,13,14). The zero-order valence-electron chi connectivity index (χ0n) is 8.08. The van der Waals surface area contributed by atoms with Crippen molar-refractivity contribution >= 4 is 5.82 Å². The number of aromatic nitrogens is 1. The Morgan fingerprint density at radius 3 is 2.80 bits per heavy atom. The third-order valence-corrected chi connectivity index (χ3v) is 2.58. The minimum absolute atomic E-state index is 0.0674. The molecule has 2 rings (SSSR count). The highest BCUT2D eigenvalue weighted by molar-refractivity contribution is 5.35. The smallest absolute Gasteiger partial charge is 0.168 e. The SMILES string of the molecule is OC1CC(CNc2ncc(F)cc2F)C1. The molecule has 1 heterocycles. The first-order valence-corrected chi connectivity index (χ1v) is 4.88. The van der Waals surface area contributed by atoms with Gasteiger partial charge in [-0.2, -0.15) is 0 Å². The van der Waals surface area contributed by atoms with E-state index in [4.69, 9.17) is 5.11 Å². The van der Waals surface area contributed by atoms with Crippen LogP contribution in [0.4, 0.5) is 14.6 Å². The lowest BCUT2D eigenvalue weighted by atomic mass is 9.82. The Kier molecular flexibility index (Phi) is 2.81. The Labute approximate surface area is 86.1 Å². The van der Waals surface area contributed by atoms with Crippen molar-refractivity contribution < 1.29 is 13.9 Å². The van der Waals surface area contributed by atoms with Gasteiger partial charge in [0.25, 0.3) is 0 Å². The Morgan fingerprint density at radius 2 is 2.20 bits per heavy atom. The van der Waals surface area contributed by atoms with Gasteiger partial charge in [-0.05, 0) is 18.8 Å². The van der Waals surface area contributed by atoms with E-state index in [-0.39, 0.29) is 11.9 Å². The largest absolute Gasteiger partial charge is 0.393 e. The summed E-state index contributed by atoms with van der Waals surface area (Å²) in [4.78, 5) is 3.60. The molecule has 5 heteroatoms. The van der Waals surface area contributed by atoms with E-state index in [1.54, 1.807) is 0 Å². The molecule has 0 aliphatic heterocycles. The molecule has 0 saturated heterocycles. The van der Waals surface area contributed by atoms with E-state index in [9.17, 15) is 8.78 Å². The maximum Gasteiger partial charge on any atom is 0.168 e. The second-order valence-corrected chi connectivity index (χ2v) is 3.86. The van der Waals surface area contributed by atoms with Gasteiger partial charge < -0.3 is 10.4 Å². The molecule has 1 aliphatic carbocycles. The van der Waals surface area contributed by atoms with Crippen LogP contribution in [0.3, 0.4) is 0 Å². The molecule has 82 valence electrons. The van der Waals surface area contributed by atoms with E-state index < -0.39 is 11.6 Å². The third kappa shape index (κ3) is 2.41. The van der Waals surface area contributed by atoms with E-state index in [2.05, 4.69) is 10.3 Å². The number of rotatable bonds is 3. The third-order valence-electron chi connectivity index (χ3n) is 2.58. The molecule has 0 bridgehead atoms. The lowest BCUT2D eigenvalue weighted by Gasteiger charge is -2.31. The summed E-state index contributed by atoms with van der Waals surface area (Å²) in [5, 5.41) is 11.8. The number of hydrogen-bond acceptors (Lipinski definition) is 3.